The van der Waals surface area contributed by atoms with Gasteiger partial charge in [-0.15, -0.1) is 12.4 Å². The van der Waals surface area contributed by atoms with Gasteiger partial charge < -0.3 is 15.4 Å². The summed E-state index contributed by atoms with van der Waals surface area (Å²) in [7, 11) is -0.155. The molecule has 9 heteroatoms. The van der Waals surface area contributed by atoms with Gasteiger partial charge in [0.15, 0.2) is 0 Å². The summed E-state index contributed by atoms with van der Waals surface area (Å²) in [6.45, 7) is 3.88. The number of benzene rings is 1. The molecule has 7 nitrogen and oxygen atoms in total. The number of rotatable bonds is 8. The number of halogens is 1. The molecule has 2 rings (SSSR count). The zero-order valence-electron chi connectivity index (χ0n) is 16.2. The van der Waals surface area contributed by atoms with Crippen LogP contribution in [0.3, 0.4) is 0 Å². The molecule has 1 saturated heterocycles. The van der Waals surface area contributed by atoms with Crippen molar-refractivity contribution in [3.63, 3.8) is 0 Å². The smallest absolute Gasteiger partial charge is 0.243 e. The quantitative estimate of drug-likeness (QED) is 0.670. The Hall–Kier alpha value is -1.35. The van der Waals surface area contributed by atoms with Crippen LogP contribution < -0.4 is 15.4 Å². The van der Waals surface area contributed by atoms with E-state index in [1.165, 1.54) is 7.11 Å². The number of hydrogen-bond donors (Lipinski definition) is 2. The van der Waals surface area contributed by atoms with Crippen LogP contribution in [-0.4, -0.2) is 52.4 Å². The Labute approximate surface area is 168 Å². The first kappa shape index (κ1) is 23.7. The van der Waals surface area contributed by atoms with Crippen molar-refractivity contribution in [1.82, 2.24) is 14.9 Å². The molecule has 1 aliphatic rings. The van der Waals surface area contributed by atoms with Crippen molar-refractivity contribution in [3.8, 4) is 5.75 Å². The minimum atomic E-state index is -3.57. The highest BCUT2D eigenvalue weighted by atomic mass is 35.5. The molecule has 1 unspecified atom stereocenters. The third kappa shape index (κ3) is 6.07. The summed E-state index contributed by atoms with van der Waals surface area (Å²) in [5, 5.41) is 5.90. The van der Waals surface area contributed by atoms with E-state index in [9.17, 15) is 13.2 Å². The zero-order valence-corrected chi connectivity index (χ0v) is 17.8. The summed E-state index contributed by atoms with van der Waals surface area (Å²) < 4.78 is 33.0. The van der Waals surface area contributed by atoms with E-state index in [-0.39, 0.29) is 29.8 Å². The molecule has 1 aromatic rings. The molecule has 154 valence electrons. The van der Waals surface area contributed by atoms with Crippen molar-refractivity contribution in [2.75, 3.05) is 33.8 Å². The van der Waals surface area contributed by atoms with E-state index >= 15 is 0 Å². The Morgan fingerprint density at radius 2 is 2.11 bits per heavy atom. The summed E-state index contributed by atoms with van der Waals surface area (Å²) in [5.74, 6) is 0.795. The molecule has 1 atom stereocenters. The van der Waals surface area contributed by atoms with Crippen LogP contribution in [0.25, 0.3) is 0 Å². The fourth-order valence-electron chi connectivity index (χ4n) is 3.22. The van der Waals surface area contributed by atoms with E-state index in [1.54, 1.807) is 29.4 Å². The van der Waals surface area contributed by atoms with E-state index in [4.69, 9.17) is 4.74 Å². The van der Waals surface area contributed by atoms with E-state index in [0.717, 1.165) is 19.4 Å². The van der Waals surface area contributed by atoms with E-state index in [2.05, 4.69) is 10.6 Å². The molecule has 27 heavy (non-hydrogen) atoms. The Kier molecular flexibility index (Phi) is 9.52. The molecule has 0 saturated carbocycles. The minimum Gasteiger partial charge on any atom is -0.496 e. The van der Waals surface area contributed by atoms with Crippen LogP contribution >= 0.6 is 12.4 Å². The molecule has 0 aromatic heterocycles. The second-order valence-electron chi connectivity index (χ2n) is 6.53. The predicted molar refractivity (Wildman–Crippen MR) is 108 cm³/mol. The van der Waals surface area contributed by atoms with E-state index < -0.39 is 10.0 Å². The van der Waals surface area contributed by atoms with Gasteiger partial charge in [0.25, 0.3) is 0 Å². The van der Waals surface area contributed by atoms with Crippen molar-refractivity contribution in [2.24, 2.45) is 5.92 Å². The Morgan fingerprint density at radius 1 is 1.37 bits per heavy atom. The topological polar surface area (TPSA) is 87.7 Å². The van der Waals surface area contributed by atoms with Crippen LogP contribution in [-0.2, 0) is 21.4 Å². The predicted octanol–water partition coefficient (Wildman–Crippen LogP) is 1.76. The molecule has 1 heterocycles. The number of ether oxygens (including phenoxy) is 1. The monoisotopic (exact) mass is 419 g/mol. The van der Waals surface area contributed by atoms with Crippen LogP contribution in [0.5, 0.6) is 5.75 Å². The third-order valence-corrected chi connectivity index (χ3v) is 6.52. The maximum atomic E-state index is 13.1. The van der Waals surface area contributed by atoms with Gasteiger partial charge in [0.05, 0.1) is 12.0 Å². The maximum Gasteiger partial charge on any atom is 0.243 e. The minimum absolute atomic E-state index is 0. The standard InChI is InChI=1S/C18H29N3O4S.ClH/c1-4-18(22)20-12-15-10-16(7-8-17(15)25-3)26(23,24)21-9-5-6-14(13-21)11-19-2;/h7-8,10,14,19H,4-6,9,11-13H2,1-3H3,(H,20,22);1H. The number of amides is 1. The van der Waals surface area contributed by atoms with Gasteiger partial charge in [-0.3, -0.25) is 4.79 Å². The fourth-order valence-corrected chi connectivity index (χ4v) is 4.83. The SMILES string of the molecule is CCC(=O)NCc1cc(S(=O)(=O)N2CCCC(CNC)C2)ccc1OC.Cl. The molecule has 1 aliphatic heterocycles. The van der Waals surface area contributed by atoms with Crippen LogP contribution in [0.2, 0.25) is 0 Å². The first-order valence-electron chi connectivity index (χ1n) is 9.00. The molecule has 0 aliphatic carbocycles. The molecule has 2 N–H and O–H groups in total. The highest BCUT2D eigenvalue weighted by Gasteiger charge is 2.30. The van der Waals surface area contributed by atoms with Crippen LogP contribution in [0.15, 0.2) is 23.1 Å². The average Bonchev–Trinajstić information content (AvgIpc) is 2.66. The summed E-state index contributed by atoms with van der Waals surface area (Å²) in [6, 6.07) is 4.82. The molecule has 1 amide bonds. The molecule has 1 aromatic carbocycles. The maximum absolute atomic E-state index is 13.1. The zero-order chi connectivity index (χ0) is 19.2. The lowest BCUT2D eigenvalue weighted by Gasteiger charge is -2.32. The highest BCUT2D eigenvalue weighted by Crippen LogP contribution is 2.27. The molecular formula is C18H30ClN3O4S. The largest absolute Gasteiger partial charge is 0.496 e. The number of nitrogens with one attached hydrogen (secondary N) is 2. The van der Waals surface area contributed by atoms with Gasteiger partial charge in [0.1, 0.15) is 5.75 Å². The van der Waals surface area contributed by atoms with Crippen LogP contribution in [0.4, 0.5) is 0 Å². The number of hydrogen-bond acceptors (Lipinski definition) is 5. The van der Waals surface area contributed by atoms with E-state index in [1.807, 2.05) is 7.05 Å². The van der Waals surface area contributed by atoms with Crippen molar-refractivity contribution < 1.29 is 17.9 Å². The van der Waals surface area contributed by atoms with Crippen molar-refractivity contribution in [3.05, 3.63) is 23.8 Å². The van der Waals surface area contributed by atoms with Gasteiger partial charge in [0, 0.05) is 31.6 Å². The Morgan fingerprint density at radius 3 is 2.74 bits per heavy atom. The third-order valence-electron chi connectivity index (χ3n) is 4.66. The number of nitrogens with zero attached hydrogens (tertiary/aromatic N) is 1. The number of methoxy groups -OCH3 is 1. The molecular weight excluding hydrogens is 390 g/mol. The normalized spacial score (nSPS) is 17.8. The van der Waals surface area contributed by atoms with Gasteiger partial charge in [0.2, 0.25) is 15.9 Å². The van der Waals surface area contributed by atoms with Crippen molar-refractivity contribution >= 4 is 28.3 Å². The van der Waals surface area contributed by atoms with Crippen molar-refractivity contribution in [2.45, 2.75) is 37.6 Å². The lowest BCUT2D eigenvalue weighted by Crippen LogP contribution is -2.42. The van der Waals surface area contributed by atoms with Gasteiger partial charge in [-0.25, -0.2) is 8.42 Å². The molecule has 1 fully saturated rings. The lowest BCUT2D eigenvalue weighted by atomic mass is 10.00. The van der Waals surface area contributed by atoms with E-state index in [0.29, 0.717) is 36.7 Å². The summed E-state index contributed by atoms with van der Waals surface area (Å²) in [4.78, 5) is 11.8. The highest BCUT2D eigenvalue weighted by molar-refractivity contribution is 7.89. The van der Waals surface area contributed by atoms with Crippen LogP contribution in [0.1, 0.15) is 31.7 Å². The number of piperidine rings is 1. The lowest BCUT2D eigenvalue weighted by molar-refractivity contribution is -0.120. The first-order chi connectivity index (χ1) is 12.4. The fraction of sp³-hybridized carbons (Fsp3) is 0.611. The number of sulfonamides is 1. The Bertz CT molecular complexity index is 725. The summed E-state index contributed by atoms with van der Waals surface area (Å²) in [5.41, 5.74) is 0.652. The van der Waals surface area contributed by atoms with Crippen LogP contribution in [0, 0.1) is 5.92 Å². The van der Waals surface area contributed by atoms with Crippen molar-refractivity contribution in [1.29, 1.82) is 0 Å². The van der Waals surface area contributed by atoms with Gasteiger partial charge in [-0.1, -0.05) is 6.92 Å². The summed E-state index contributed by atoms with van der Waals surface area (Å²) in [6.07, 6.45) is 2.27. The number of carbonyl (C=O) groups excluding carboxylic acids is 1. The average molecular weight is 420 g/mol. The van der Waals surface area contributed by atoms with Gasteiger partial charge >= 0.3 is 0 Å². The molecule has 0 bridgehead atoms. The van der Waals surface area contributed by atoms with Gasteiger partial charge in [-0.05, 0) is 50.6 Å². The molecule has 0 radical (unpaired) electrons. The Balaban J connectivity index is 0.00000364. The second kappa shape index (κ2) is 10.8. The van der Waals surface area contributed by atoms with Gasteiger partial charge in [-0.2, -0.15) is 4.31 Å². The first-order valence-corrected chi connectivity index (χ1v) is 10.4. The summed E-state index contributed by atoms with van der Waals surface area (Å²) >= 11 is 0. The second-order valence-corrected chi connectivity index (χ2v) is 8.47. The number of carbonyl (C=O) groups is 1. The molecule has 0 spiro atoms.